The van der Waals surface area contributed by atoms with Gasteiger partial charge in [0.15, 0.2) is 0 Å². The normalized spacial score (nSPS) is 18.0. The van der Waals surface area contributed by atoms with Crippen LogP contribution in [0.1, 0.15) is 30.0 Å². The number of nitrogens with zero attached hydrogens (tertiary/aromatic N) is 4. The van der Waals surface area contributed by atoms with Gasteiger partial charge < -0.3 is 19.0 Å². The maximum Gasteiger partial charge on any atom is 0.374 e. The molecule has 0 saturated carbocycles. The lowest BCUT2D eigenvalue weighted by molar-refractivity contribution is 0.0491. The van der Waals surface area contributed by atoms with Crippen molar-refractivity contribution >= 4 is 32.9 Å². The molecule has 1 aromatic carbocycles. The Kier molecular flexibility index (Phi) is 5.94. The van der Waals surface area contributed by atoms with E-state index in [1.54, 1.807) is 26.0 Å². The van der Waals surface area contributed by atoms with E-state index in [4.69, 9.17) is 9.15 Å². The minimum absolute atomic E-state index is 0.101. The predicted molar refractivity (Wildman–Crippen MR) is 117 cm³/mol. The number of aliphatic imine (C=N–C) groups is 1. The Balaban J connectivity index is 1.63. The van der Waals surface area contributed by atoms with Crippen molar-refractivity contribution in [2.75, 3.05) is 52.4 Å². The van der Waals surface area contributed by atoms with E-state index >= 15 is 0 Å². The van der Waals surface area contributed by atoms with Crippen molar-refractivity contribution in [1.82, 2.24) is 14.1 Å². The van der Waals surface area contributed by atoms with Gasteiger partial charge in [-0.2, -0.15) is 0 Å². The van der Waals surface area contributed by atoms with Gasteiger partial charge in [-0.15, -0.1) is 0 Å². The van der Waals surface area contributed by atoms with Gasteiger partial charge in [0, 0.05) is 37.1 Å². The van der Waals surface area contributed by atoms with Crippen molar-refractivity contribution in [3.63, 3.8) is 0 Å². The summed E-state index contributed by atoms with van der Waals surface area (Å²) in [7, 11) is -3.80. The Morgan fingerprint density at radius 2 is 1.90 bits per heavy atom. The van der Waals surface area contributed by atoms with Gasteiger partial charge in [-0.05, 0) is 38.6 Å². The lowest BCUT2D eigenvalue weighted by Gasteiger charge is -2.37. The van der Waals surface area contributed by atoms with Crippen LogP contribution in [0, 0.1) is 6.92 Å². The van der Waals surface area contributed by atoms with Crippen LogP contribution in [0.5, 0.6) is 0 Å². The number of aryl methyl sites for hydroxylation is 1. The van der Waals surface area contributed by atoms with Gasteiger partial charge in [-0.25, -0.2) is 17.5 Å². The Labute approximate surface area is 182 Å². The summed E-state index contributed by atoms with van der Waals surface area (Å²) >= 11 is 0. The number of likely N-dealkylation sites (N-methyl/N-ethyl adjacent to an activating group) is 1. The fourth-order valence-electron chi connectivity index (χ4n) is 4.05. The van der Waals surface area contributed by atoms with E-state index in [1.165, 1.54) is 10.4 Å². The first-order valence-corrected chi connectivity index (χ1v) is 12.1. The zero-order chi connectivity index (χ0) is 22.2. The van der Waals surface area contributed by atoms with Crippen molar-refractivity contribution in [3.05, 3.63) is 29.5 Å². The number of fused-ring (bicyclic) bond motifs is 1. The van der Waals surface area contributed by atoms with Gasteiger partial charge in [0.1, 0.15) is 5.58 Å². The quantitative estimate of drug-likeness (QED) is 0.645. The highest BCUT2D eigenvalue weighted by Gasteiger charge is 2.35. The smallest absolute Gasteiger partial charge is 0.374 e. The number of esters is 1. The summed E-state index contributed by atoms with van der Waals surface area (Å²) in [4.78, 5) is 21.2. The van der Waals surface area contributed by atoms with Crippen LogP contribution in [-0.2, 0) is 14.8 Å². The highest BCUT2D eigenvalue weighted by molar-refractivity contribution is 7.89. The van der Waals surface area contributed by atoms with Crippen LogP contribution in [-0.4, -0.2) is 86.9 Å². The number of hydrogen-bond donors (Lipinski definition) is 0. The summed E-state index contributed by atoms with van der Waals surface area (Å²) in [6.45, 7) is 10.8. The molecule has 0 radical (unpaired) electrons. The van der Waals surface area contributed by atoms with E-state index in [0.29, 0.717) is 35.6 Å². The van der Waals surface area contributed by atoms with Crippen LogP contribution in [0.15, 0.2) is 32.5 Å². The van der Waals surface area contributed by atoms with Crippen molar-refractivity contribution < 1.29 is 22.4 Å². The van der Waals surface area contributed by atoms with Crippen LogP contribution in [0.4, 0.5) is 0 Å². The van der Waals surface area contributed by atoms with Gasteiger partial charge >= 0.3 is 5.97 Å². The monoisotopic (exact) mass is 448 g/mol. The van der Waals surface area contributed by atoms with Crippen molar-refractivity contribution in [2.45, 2.75) is 25.7 Å². The number of rotatable bonds is 5. The van der Waals surface area contributed by atoms with E-state index in [2.05, 4.69) is 21.7 Å². The van der Waals surface area contributed by atoms with Gasteiger partial charge in [0.05, 0.1) is 24.6 Å². The fraction of sp³-hybridized carbons (Fsp3) is 0.524. The number of benzene rings is 1. The van der Waals surface area contributed by atoms with Crippen molar-refractivity contribution in [1.29, 1.82) is 0 Å². The predicted octanol–water partition coefficient (Wildman–Crippen LogP) is 1.92. The molecule has 9 nitrogen and oxygen atoms in total. The molecular formula is C21H28N4O5S. The van der Waals surface area contributed by atoms with Gasteiger partial charge in [-0.3, -0.25) is 4.99 Å². The zero-order valence-corrected chi connectivity index (χ0v) is 18.9. The third kappa shape index (κ3) is 3.89. The van der Waals surface area contributed by atoms with Gasteiger partial charge in [-0.1, -0.05) is 6.92 Å². The second-order valence-electron chi connectivity index (χ2n) is 7.61. The van der Waals surface area contributed by atoms with E-state index in [1.807, 2.05) is 0 Å². The standard InChI is InChI=1S/C21H28N4O5S/c1-4-23-10-12-24(13-11-23)21-22-8-9-25(21)31(27,28)16-6-7-18-17(14-16)15(3)19(30-18)20(26)29-5-2/h6-7,14H,4-5,8-13H2,1-3H3. The molecule has 3 heterocycles. The summed E-state index contributed by atoms with van der Waals surface area (Å²) < 4.78 is 39.0. The maximum atomic E-state index is 13.5. The minimum Gasteiger partial charge on any atom is -0.460 e. The molecule has 1 saturated heterocycles. The number of furan rings is 1. The molecule has 31 heavy (non-hydrogen) atoms. The molecule has 1 fully saturated rings. The molecule has 0 aliphatic carbocycles. The summed E-state index contributed by atoms with van der Waals surface area (Å²) in [6.07, 6.45) is 0. The molecular weight excluding hydrogens is 420 g/mol. The van der Waals surface area contributed by atoms with E-state index in [-0.39, 0.29) is 17.3 Å². The molecule has 1 aromatic heterocycles. The van der Waals surface area contributed by atoms with Crippen LogP contribution in [0.25, 0.3) is 11.0 Å². The van der Waals surface area contributed by atoms with E-state index < -0.39 is 16.0 Å². The largest absolute Gasteiger partial charge is 0.460 e. The lowest BCUT2D eigenvalue weighted by Crippen LogP contribution is -2.53. The Bertz CT molecular complexity index is 1120. The summed E-state index contributed by atoms with van der Waals surface area (Å²) in [5.41, 5.74) is 1.02. The Morgan fingerprint density at radius 1 is 1.16 bits per heavy atom. The van der Waals surface area contributed by atoms with Crippen LogP contribution < -0.4 is 0 Å². The second-order valence-corrected chi connectivity index (χ2v) is 9.48. The van der Waals surface area contributed by atoms with Crippen LogP contribution in [0.3, 0.4) is 0 Å². The highest BCUT2D eigenvalue weighted by Crippen LogP contribution is 2.30. The molecule has 2 aliphatic heterocycles. The molecule has 168 valence electrons. The molecule has 0 spiro atoms. The van der Waals surface area contributed by atoms with Gasteiger partial charge in [0.2, 0.25) is 11.7 Å². The number of hydrogen-bond acceptors (Lipinski definition) is 8. The first-order valence-electron chi connectivity index (χ1n) is 10.6. The summed E-state index contributed by atoms with van der Waals surface area (Å²) in [6, 6.07) is 4.67. The number of carbonyl (C=O) groups excluding carboxylic acids is 1. The molecule has 0 bridgehead atoms. The Hall–Kier alpha value is -2.59. The summed E-state index contributed by atoms with van der Waals surface area (Å²) in [5, 5.41) is 0.582. The van der Waals surface area contributed by atoms with Crippen molar-refractivity contribution in [3.8, 4) is 0 Å². The number of piperazine rings is 1. The minimum atomic E-state index is -3.80. The van der Waals surface area contributed by atoms with Crippen LogP contribution in [0.2, 0.25) is 0 Å². The topological polar surface area (TPSA) is 95.7 Å². The number of guanidine groups is 1. The highest BCUT2D eigenvalue weighted by atomic mass is 32.2. The maximum absolute atomic E-state index is 13.5. The SMILES string of the molecule is CCOC(=O)c1oc2ccc(S(=O)(=O)N3CCN=C3N3CCN(CC)CC3)cc2c1C. The lowest BCUT2D eigenvalue weighted by atomic mass is 10.1. The molecule has 4 rings (SSSR count). The molecule has 0 unspecified atom stereocenters. The average molecular weight is 449 g/mol. The Morgan fingerprint density at radius 3 is 2.58 bits per heavy atom. The molecule has 0 amide bonds. The fourth-order valence-corrected chi connectivity index (χ4v) is 5.52. The van der Waals surface area contributed by atoms with Gasteiger partial charge in [0.25, 0.3) is 10.0 Å². The molecule has 10 heteroatoms. The van der Waals surface area contributed by atoms with E-state index in [9.17, 15) is 13.2 Å². The number of sulfonamides is 1. The molecule has 0 N–H and O–H groups in total. The van der Waals surface area contributed by atoms with Crippen molar-refractivity contribution in [2.24, 2.45) is 4.99 Å². The first-order chi connectivity index (χ1) is 14.9. The third-order valence-electron chi connectivity index (χ3n) is 5.84. The molecule has 0 atom stereocenters. The van der Waals surface area contributed by atoms with Crippen LogP contribution >= 0.6 is 0 Å². The number of carbonyl (C=O) groups is 1. The first kappa shape index (κ1) is 21.6. The molecule has 2 aromatic rings. The second kappa shape index (κ2) is 8.51. The molecule has 2 aliphatic rings. The summed E-state index contributed by atoms with van der Waals surface area (Å²) in [5.74, 6) is 0.0661. The average Bonchev–Trinajstić information content (AvgIpc) is 3.39. The third-order valence-corrected chi connectivity index (χ3v) is 7.61. The zero-order valence-electron chi connectivity index (χ0n) is 18.1. The van der Waals surface area contributed by atoms with E-state index in [0.717, 1.165) is 32.7 Å². The number of ether oxygens (including phenoxy) is 1.